The maximum absolute atomic E-state index is 10.7. The highest BCUT2D eigenvalue weighted by molar-refractivity contribution is 9.10. The van der Waals surface area contributed by atoms with Crippen molar-refractivity contribution in [2.45, 2.75) is 44.5 Å². The van der Waals surface area contributed by atoms with E-state index in [1.165, 1.54) is 0 Å². The molecule has 1 aromatic rings. The van der Waals surface area contributed by atoms with Crippen LogP contribution in [-0.2, 0) is 4.74 Å². The molecule has 19 heavy (non-hydrogen) atoms. The fraction of sp³-hybridized carbons (Fsp3) is 0.533. The van der Waals surface area contributed by atoms with Crippen LogP contribution in [0.15, 0.2) is 22.7 Å². The number of benzene rings is 1. The zero-order valence-electron chi connectivity index (χ0n) is 10.8. The number of rotatable bonds is 2. The third-order valence-electron chi connectivity index (χ3n) is 4.46. The van der Waals surface area contributed by atoms with Gasteiger partial charge >= 0.3 is 0 Å². The maximum atomic E-state index is 10.7. The molecule has 0 radical (unpaired) electrons. The Kier molecular flexibility index (Phi) is 3.17. The molecule has 2 fully saturated rings. The Morgan fingerprint density at radius 2 is 2.32 bits per heavy atom. The van der Waals surface area contributed by atoms with E-state index in [2.05, 4.69) is 22.0 Å². The number of halogens is 1. The first-order chi connectivity index (χ1) is 9.06. The number of aliphatic hydroxyl groups excluding tert-OH is 1. The Morgan fingerprint density at radius 1 is 1.53 bits per heavy atom. The normalized spacial score (nSPS) is 34.2. The van der Waals surface area contributed by atoms with E-state index >= 15 is 0 Å². The van der Waals surface area contributed by atoms with Crippen molar-refractivity contribution in [1.29, 1.82) is 5.26 Å². The molecule has 3 nitrogen and oxygen atoms in total. The second-order valence-electron chi connectivity index (χ2n) is 5.59. The van der Waals surface area contributed by atoms with Crippen LogP contribution in [0, 0.1) is 23.7 Å². The van der Waals surface area contributed by atoms with E-state index in [-0.39, 0.29) is 12.2 Å². The van der Waals surface area contributed by atoms with E-state index in [1.54, 1.807) is 0 Å². The van der Waals surface area contributed by atoms with Gasteiger partial charge < -0.3 is 9.84 Å². The second-order valence-corrected chi connectivity index (χ2v) is 6.45. The van der Waals surface area contributed by atoms with Crippen molar-refractivity contribution in [2.75, 3.05) is 0 Å². The Bertz CT molecular complexity index is 554. The average molecular weight is 322 g/mol. The first-order valence-corrected chi connectivity index (χ1v) is 7.37. The minimum Gasteiger partial charge on any atom is -0.387 e. The van der Waals surface area contributed by atoms with E-state index in [9.17, 15) is 10.4 Å². The van der Waals surface area contributed by atoms with E-state index in [0.717, 1.165) is 28.4 Å². The maximum Gasteiger partial charge on any atom is 0.116 e. The molecule has 1 N–H and O–H groups in total. The van der Waals surface area contributed by atoms with E-state index in [4.69, 9.17) is 4.74 Å². The number of ether oxygens (including phenoxy) is 1. The number of nitrogens with zero attached hydrogens (tertiary/aromatic N) is 1. The zero-order valence-corrected chi connectivity index (χ0v) is 12.4. The number of fused-ring (bicyclic) bond motifs is 2. The molecule has 100 valence electrons. The summed E-state index contributed by atoms with van der Waals surface area (Å²) in [5, 5.41) is 20.3. The van der Waals surface area contributed by atoms with Crippen LogP contribution in [0.1, 0.15) is 36.5 Å². The molecule has 2 heterocycles. The highest BCUT2D eigenvalue weighted by Crippen LogP contribution is 2.54. The highest BCUT2D eigenvalue weighted by atomic mass is 79.9. The molecule has 2 saturated heterocycles. The summed E-state index contributed by atoms with van der Waals surface area (Å²) in [7, 11) is 0. The summed E-state index contributed by atoms with van der Waals surface area (Å²) in [5.41, 5.74) is 1.12. The lowest BCUT2D eigenvalue weighted by molar-refractivity contribution is 0.00338. The monoisotopic (exact) mass is 321 g/mol. The molecule has 4 unspecified atom stereocenters. The molecule has 0 amide bonds. The molecule has 2 aliphatic rings. The number of hydrogen-bond donors (Lipinski definition) is 1. The minimum absolute atomic E-state index is 0.127. The average Bonchev–Trinajstić information content (AvgIpc) is 3.02. The third-order valence-corrected chi connectivity index (χ3v) is 5.31. The fourth-order valence-electron chi connectivity index (χ4n) is 3.29. The van der Waals surface area contributed by atoms with Crippen molar-refractivity contribution < 1.29 is 9.84 Å². The van der Waals surface area contributed by atoms with Crippen LogP contribution in [0.25, 0.3) is 0 Å². The van der Waals surface area contributed by atoms with E-state index in [1.807, 2.05) is 25.1 Å². The zero-order chi connectivity index (χ0) is 13.6. The van der Waals surface area contributed by atoms with Gasteiger partial charge in [-0.2, -0.15) is 5.26 Å². The molecule has 0 saturated carbocycles. The van der Waals surface area contributed by atoms with Gasteiger partial charge in [0.1, 0.15) is 11.5 Å². The lowest BCUT2D eigenvalue weighted by Crippen LogP contribution is -2.37. The van der Waals surface area contributed by atoms with Gasteiger partial charge in [0, 0.05) is 4.47 Å². The van der Waals surface area contributed by atoms with Gasteiger partial charge in [-0.1, -0.05) is 28.1 Å². The molecular weight excluding hydrogens is 306 g/mol. The lowest BCUT2D eigenvalue weighted by atomic mass is 9.69. The Labute approximate surface area is 121 Å². The van der Waals surface area contributed by atoms with Crippen molar-refractivity contribution in [3.63, 3.8) is 0 Å². The predicted octanol–water partition coefficient (Wildman–Crippen LogP) is 3.25. The summed E-state index contributed by atoms with van der Waals surface area (Å²) in [4.78, 5) is 0. The molecule has 0 aliphatic carbocycles. The van der Waals surface area contributed by atoms with Gasteiger partial charge in [0.2, 0.25) is 0 Å². The van der Waals surface area contributed by atoms with Crippen molar-refractivity contribution in [1.82, 2.24) is 0 Å². The Hall–Kier alpha value is -0.890. The van der Waals surface area contributed by atoms with Gasteiger partial charge in [0.05, 0.1) is 18.3 Å². The number of nitriles is 1. The molecule has 0 spiro atoms. The summed E-state index contributed by atoms with van der Waals surface area (Å²) >= 11 is 3.48. The van der Waals surface area contributed by atoms with Gasteiger partial charge in [-0.05, 0) is 43.4 Å². The first kappa shape index (κ1) is 13.1. The summed E-state index contributed by atoms with van der Waals surface area (Å²) in [6.45, 7) is 2.00. The quantitative estimate of drug-likeness (QED) is 0.909. The van der Waals surface area contributed by atoms with Crippen LogP contribution in [0.5, 0.6) is 0 Å². The third kappa shape index (κ3) is 1.92. The highest BCUT2D eigenvalue weighted by Gasteiger charge is 2.57. The Morgan fingerprint density at radius 3 is 2.84 bits per heavy atom. The molecule has 4 heteroatoms. The number of hydrogen-bond acceptors (Lipinski definition) is 3. The predicted molar refractivity (Wildman–Crippen MR) is 74.4 cm³/mol. The van der Waals surface area contributed by atoms with Crippen LogP contribution in [-0.4, -0.2) is 17.3 Å². The largest absolute Gasteiger partial charge is 0.387 e. The standard InChI is InChI=1S/C15H16BrNO2/c1-9-2-3-10(6-12(9)16)14(18)15(8-17)7-11-4-5-13(15)19-11/h2-3,6,11,13-14,18H,4-5,7H2,1H3. The molecule has 3 rings (SSSR count). The first-order valence-electron chi connectivity index (χ1n) is 6.57. The van der Waals surface area contributed by atoms with Gasteiger partial charge in [-0.15, -0.1) is 0 Å². The molecule has 1 aromatic carbocycles. The molecule has 2 aliphatic heterocycles. The van der Waals surface area contributed by atoms with Crippen molar-refractivity contribution in [3.05, 3.63) is 33.8 Å². The summed E-state index contributed by atoms with van der Waals surface area (Å²) < 4.78 is 6.74. The van der Waals surface area contributed by atoms with Gasteiger partial charge in [0.15, 0.2) is 0 Å². The van der Waals surface area contributed by atoms with Gasteiger partial charge in [-0.3, -0.25) is 0 Å². The van der Waals surface area contributed by atoms with E-state index < -0.39 is 11.5 Å². The van der Waals surface area contributed by atoms with Crippen molar-refractivity contribution >= 4 is 15.9 Å². The minimum atomic E-state index is -0.787. The SMILES string of the molecule is Cc1ccc(C(O)C2(C#N)CC3CCC2O3)cc1Br. The lowest BCUT2D eigenvalue weighted by Gasteiger charge is -2.33. The summed E-state index contributed by atoms with van der Waals surface area (Å²) in [5.74, 6) is 0. The Balaban J connectivity index is 1.96. The molecule has 4 atom stereocenters. The van der Waals surface area contributed by atoms with Crippen LogP contribution >= 0.6 is 15.9 Å². The smallest absolute Gasteiger partial charge is 0.116 e. The number of aryl methyl sites for hydroxylation is 1. The van der Waals surface area contributed by atoms with Crippen LogP contribution < -0.4 is 0 Å². The second kappa shape index (κ2) is 4.59. The van der Waals surface area contributed by atoms with Crippen LogP contribution in [0.4, 0.5) is 0 Å². The number of aliphatic hydroxyl groups is 1. The summed E-state index contributed by atoms with van der Waals surface area (Å²) in [6, 6.07) is 8.12. The molecular formula is C15H16BrNO2. The topological polar surface area (TPSA) is 53.2 Å². The molecule has 2 bridgehead atoms. The fourth-order valence-corrected chi connectivity index (χ4v) is 3.68. The summed E-state index contributed by atoms with van der Waals surface area (Å²) in [6.07, 6.45) is 1.76. The van der Waals surface area contributed by atoms with Crippen LogP contribution in [0.2, 0.25) is 0 Å². The van der Waals surface area contributed by atoms with Crippen molar-refractivity contribution in [2.24, 2.45) is 5.41 Å². The van der Waals surface area contributed by atoms with Gasteiger partial charge in [0.25, 0.3) is 0 Å². The van der Waals surface area contributed by atoms with Crippen LogP contribution in [0.3, 0.4) is 0 Å². The molecule has 0 aromatic heterocycles. The van der Waals surface area contributed by atoms with Gasteiger partial charge in [-0.25, -0.2) is 0 Å². The van der Waals surface area contributed by atoms with Crippen molar-refractivity contribution in [3.8, 4) is 6.07 Å². The van der Waals surface area contributed by atoms with E-state index in [0.29, 0.717) is 6.42 Å².